The second kappa shape index (κ2) is 8.58. The second-order valence-corrected chi connectivity index (χ2v) is 7.31. The molecule has 1 heterocycles. The van der Waals surface area contributed by atoms with Gasteiger partial charge in [0.1, 0.15) is 0 Å². The molecule has 0 spiro atoms. The Morgan fingerprint density at radius 2 is 1.70 bits per heavy atom. The molecule has 3 nitrogen and oxygen atoms in total. The molecule has 3 aromatic rings. The number of nitrogens with zero attached hydrogens (tertiary/aromatic N) is 2. The lowest BCUT2D eigenvalue weighted by molar-refractivity contribution is -0.137. The lowest BCUT2D eigenvalue weighted by Gasteiger charge is -2.19. The molecule has 0 aliphatic heterocycles. The number of rotatable bonds is 5. The lowest BCUT2D eigenvalue weighted by Crippen LogP contribution is -2.27. The van der Waals surface area contributed by atoms with E-state index in [2.05, 4.69) is 4.85 Å². The molecule has 0 bridgehead atoms. The van der Waals surface area contributed by atoms with Gasteiger partial charge in [-0.25, -0.2) is 4.85 Å². The van der Waals surface area contributed by atoms with Gasteiger partial charge in [-0.2, -0.15) is 13.2 Å². The minimum atomic E-state index is -4.76. The fourth-order valence-electron chi connectivity index (χ4n) is 3.50. The normalized spacial score (nSPS) is 11.3. The fraction of sp³-hybridized carbons (Fsp3) is 0.250. The van der Waals surface area contributed by atoms with E-state index in [1.54, 1.807) is 0 Å². The van der Waals surface area contributed by atoms with Gasteiger partial charge in [0.25, 0.3) is 11.2 Å². The van der Waals surface area contributed by atoms with Gasteiger partial charge in [0.15, 0.2) is 0 Å². The van der Waals surface area contributed by atoms with Crippen LogP contribution in [0.5, 0.6) is 0 Å². The zero-order chi connectivity index (χ0) is 21.9. The van der Waals surface area contributed by atoms with E-state index in [1.165, 1.54) is 4.57 Å². The topological polar surface area (TPSA) is 26.4 Å². The number of aryl methyl sites for hydroxylation is 4. The molecule has 0 saturated carbocycles. The first-order valence-electron chi connectivity index (χ1n) is 9.52. The van der Waals surface area contributed by atoms with Gasteiger partial charge in [-0.1, -0.05) is 54.1 Å². The van der Waals surface area contributed by atoms with Crippen LogP contribution in [0.4, 0.5) is 18.9 Å². The maximum absolute atomic E-state index is 13.5. The summed E-state index contributed by atoms with van der Waals surface area (Å²) in [5.74, 6) is 0. The molecule has 0 atom stereocenters. The third kappa shape index (κ3) is 4.62. The van der Waals surface area contributed by atoms with Crippen LogP contribution in [0.25, 0.3) is 4.85 Å². The molecule has 0 amide bonds. The highest BCUT2D eigenvalue weighted by Gasteiger charge is 2.36. The molecule has 0 saturated heterocycles. The van der Waals surface area contributed by atoms with E-state index in [0.29, 0.717) is 6.42 Å². The molecule has 30 heavy (non-hydrogen) atoms. The molecule has 6 heteroatoms. The van der Waals surface area contributed by atoms with Gasteiger partial charge >= 0.3 is 6.18 Å². The SMILES string of the molecule is [C-]#[N+]c1c(C(F)(F)F)cc(CCc2ccccc2)n(Cc2ccc(C)cc2C)c1=O. The van der Waals surface area contributed by atoms with Crippen LogP contribution in [0, 0.1) is 20.4 Å². The van der Waals surface area contributed by atoms with Crippen molar-refractivity contribution in [2.75, 3.05) is 0 Å². The first kappa shape index (κ1) is 21.4. The molecule has 0 unspecified atom stereocenters. The van der Waals surface area contributed by atoms with Crippen LogP contribution in [-0.4, -0.2) is 4.57 Å². The van der Waals surface area contributed by atoms with Gasteiger partial charge in [0, 0.05) is 12.2 Å². The molecule has 0 aliphatic carbocycles. The second-order valence-electron chi connectivity index (χ2n) is 7.31. The zero-order valence-electron chi connectivity index (χ0n) is 16.8. The highest BCUT2D eigenvalue weighted by Crippen LogP contribution is 2.35. The van der Waals surface area contributed by atoms with Crippen molar-refractivity contribution in [1.82, 2.24) is 4.57 Å². The highest BCUT2D eigenvalue weighted by atomic mass is 19.4. The quantitative estimate of drug-likeness (QED) is 0.483. The molecule has 3 rings (SSSR count). The Kier molecular flexibility index (Phi) is 6.12. The van der Waals surface area contributed by atoms with Crippen molar-refractivity contribution < 1.29 is 13.2 Å². The summed E-state index contributed by atoms with van der Waals surface area (Å²) < 4.78 is 41.9. The molecule has 154 valence electrons. The summed E-state index contributed by atoms with van der Waals surface area (Å²) in [5, 5.41) is 0. The average molecular weight is 410 g/mol. The molecule has 1 aromatic heterocycles. The predicted octanol–water partition coefficient (Wildman–Crippen LogP) is 5.87. The third-order valence-corrected chi connectivity index (χ3v) is 5.12. The summed E-state index contributed by atoms with van der Waals surface area (Å²) in [6.07, 6.45) is -4.02. The van der Waals surface area contributed by atoms with Crippen molar-refractivity contribution in [3.63, 3.8) is 0 Å². The summed E-state index contributed by atoms with van der Waals surface area (Å²) in [4.78, 5) is 15.9. The van der Waals surface area contributed by atoms with Gasteiger partial charge in [-0.05, 0) is 49.4 Å². The first-order chi connectivity index (χ1) is 14.2. The molecule has 0 radical (unpaired) electrons. The maximum Gasteiger partial charge on any atom is 0.407 e. The Morgan fingerprint density at radius 3 is 2.30 bits per heavy atom. The Morgan fingerprint density at radius 1 is 1.00 bits per heavy atom. The van der Waals surface area contributed by atoms with Crippen LogP contribution >= 0.6 is 0 Å². The van der Waals surface area contributed by atoms with E-state index in [1.807, 2.05) is 62.4 Å². The number of pyridine rings is 1. The van der Waals surface area contributed by atoms with Crippen molar-refractivity contribution in [2.24, 2.45) is 0 Å². The van der Waals surface area contributed by atoms with Crippen molar-refractivity contribution in [3.05, 3.63) is 110 Å². The minimum Gasteiger partial charge on any atom is -0.317 e. The summed E-state index contributed by atoms with van der Waals surface area (Å²) in [6, 6.07) is 16.1. The number of benzene rings is 2. The van der Waals surface area contributed by atoms with Crippen molar-refractivity contribution in [2.45, 2.75) is 39.4 Å². The predicted molar refractivity (Wildman–Crippen MR) is 111 cm³/mol. The third-order valence-electron chi connectivity index (χ3n) is 5.12. The molecule has 0 N–H and O–H groups in total. The monoisotopic (exact) mass is 410 g/mol. The Balaban J connectivity index is 2.12. The average Bonchev–Trinajstić information content (AvgIpc) is 2.69. The Labute approximate surface area is 173 Å². The van der Waals surface area contributed by atoms with Crippen LogP contribution in [0.2, 0.25) is 0 Å². The summed E-state index contributed by atoms with van der Waals surface area (Å²) in [5.41, 5.74) is 1.12. The molecular formula is C24H21F3N2O. The number of halogens is 3. The van der Waals surface area contributed by atoms with E-state index in [9.17, 15) is 18.0 Å². The summed E-state index contributed by atoms with van der Waals surface area (Å²) in [6.45, 7) is 11.1. The Bertz CT molecular complexity index is 1160. The van der Waals surface area contributed by atoms with Crippen molar-refractivity contribution in [1.29, 1.82) is 0 Å². The number of aromatic nitrogens is 1. The van der Waals surface area contributed by atoms with E-state index >= 15 is 0 Å². The molecule has 2 aromatic carbocycles. The molecule has 0 fully saturated rings. The van der Waals surface area contributed by atoms with Crippen molar-refractivity contribution in [3.8, 4) is 0 Å². The van der Waals surface area contributed by atoms with E-state index < -0.39 is 23.0 Å². The molecule has 0 aliphatic rings. The van der Waals surface area contributed by atoms with Crippen LogP contribution < -0.4 is 5.56 Å². The van der Waals surface area contributed by atoms with E-state index in [0.717, 1.165) is 28.3 Å². The van der Waals surface area contributed by atoms with E-state index in [-0.39, 0.29) is 18.7 Å². The van der Waals surface area contributed by atoms with Gasteiger partial charge in [-0.15, -0.1) is 0 Å². The largest absolute Gasteiger partial charge is 0.407 e. The smallest absolute Gasteiger partial charge is 0.317 e. The van der Waals surface area contributed by atoms with Crippen LogP contribution in [0.15, 0.2) is 59.4 Å². The number of hydrogen-bond acceptors (Lipinski definition) is 1. The Hall–Kier alpha value is -3.33. The minimum absolute atomic E-state index is 0.121. The van der Waals surface area contributed by atoms with Gasteiger partial charge in [0.05, 0.1) is 12.1 Å². The van der Waals surface area contributed by atoms with Gasteiger partial charge < -0.3 is 4.57 Å². The first-order valence-corrected chi connectivity index (χ1v) is 9.52. The fourth-order valence-corrected chi connectivity index (χ4v) is 3.50. The van der Waals surface area contributed by atoms with Crippen molar-refractivity contribution >= 4 is 5.69 Å². The molecular weight excluding hydrogens is 389 g/mol. The summed E-state index contributed by atoms with van der Waals surface area (Å²) >= 11 is 0. The zero-order valence-corrected chi connectivity index (χ0v) is 16.8. The standard InChI is InChI=1S/C24H21F3N2O/c1-16-9-11-19(17(2)13-16)15-29-20(12-10-18-7-5-4-6-8-18)14-21(24(25,26)27)22(28-3)23(29)30/h4-9,11,13-14H,10,12,15H2,1-2H3. The highest BCUT2D eigenvalue weighted by molar-refractivity contribution is 5.53. The number of hydrogen-bond donors (Lipinski definition) is 0. The maximum atomic E-state index is 13.5. The van der Waals surface area contributed by atoms with E-state index in [4.69, 9.17) is 6.57 Å². The number of alkyl halides is 3. The van der Waals surface area contributed by atoms with Gasteiger partial charge in [-0.3, -0.25) is 4.79 Å². The van der Waals surface area contributed by atoms with Gasteiger partial charge in [0.2, 0.25) is 0 Å². The summed E-state index contributed by atoms with van der Waals surface area (Å²) in [7, 11) is 0. The van der Waals surface area contributed by atoms with Crippen LogP contribution in [-0.2, 0) is 25.6 Å². The van der Waals surface area contributed by atoms with Crippen LogP contribution in [0.1, 0.15) is 33.5 Å². The lowest BCUT2D eigenvalue weighted by atomic mass is 10.0. The van der Waals surface area contributed by atoms with Crippen LogP contribution in [0.3, 0.4) is 0 Å².